The number of nitrogens with zero attached hydrogens (tertiary/aromatic N) is 4. The Morgan fingerprint density at radius 1 is 1.28 bits per heavy atom. The van der Waals surface area contributed by atoms with Crippen molar-refractivity contribution in [1.82, 2.24) is 25.1 Å². The number of rotatable bonds is 9. The van der Waals surface area contributed by atoms with E-state index in [1.165, 1.54) is 0 Å². The number of nitrogens with one attached hydrogen (secondary N) is 1. The van der Waals surface area contributed by atoms with E-state index in [2.05, 4.69) is 36.1 Å². The Bertz CT molecular complexity index is 1370. The molecule has 3 saturated heterocycles. The van der Waals surface area contributed by atoms with E-state index in [1.807, 2.05) is 27.7 Å². The first-order valence-corrected chi connectivity index (χ1v) is 15.9. The van der Waals surface area contributed by atoms with E-state index in [-0.39, 0.29) is 63.5 Å². The molecule has 2 N–H and O–H groups in total. The predicted molar refractivity (Wildman–Crippen MR) is 161 cm³/mol. The molecule has 43 heavy (non-hydrogen) atoms. The lowest BCUT2D eigenvalue weighted by atomic mass is 9.95. The highest BCUT2D eigenvalue weighted by atomic mass is 79.9. The number of likely N-dealkylation sites (tertiary alicyclic amines) is 1. The Kier molecular flexibility index (Phi) is 9.46. The van der Waals surface area contributed by atoms with Crippen molar-refractivity contribution in [3.8, 4) is 17.6 Å². The van der Waals surface area contributed by atoms with Crippen LogP contribution in [-0.4, -0.2) is 99.8 Å². The number of ether oxygens (including phenoxy) is 3. The van der Waals surface area contributed by atoms with Crippen LogP contribution in [0.25, 0.3) is 10.9 Å². The van der Waals surface area contributed by atoms with E-state index in [4.69, 9.17) is 25.8 Å². The fraction of sp³-hybridized carbons (Fsp3) is 0.690. The van der Waals surface area contributed by atoms with E-state index >= 15 is 4.39 Å². The summed E-state index contributed by atoms with van der Waals surface area (Å²) < 4.78 is 46.6. The zero-order chi connectivity index (χ0) is 31.1. The molecule has 3 aliphatic heterocycles. The summed E-state index contributed by atoms with van der Waals surface area (Å²) in [5.74, 6) is -1.26. The molecule has 4 heterocycles. The molecule has 2 aromatic rings. The summed E-state index contributed by atoms with van der Waals surface area (Å²) in [6, 6.07) is -0.136. The molecule has 4 atom stereocenters. The van der Waals surface area contributed by atoms with Crippen LogP contribution in [0.15, 0.2) is 4.47 Å². The van der Waals surface area contributed by atoms with Gasteiger partial charge in [-0.15, -0.1) is 0 Å². The van der Waals surface area contributed by atoms with Gasteiger partial charge in [0.05, 0.1) is 16.6 Å². The number of fused-ring (bicyclic) bond motifs is 2. The van der Waals surface area contributed by atoms with Crippen molar-refractivity contribution in [3.05, 3.63) is 15.3 Å². The second-order valence-electron chi connectivity index (χ2n) is 12.7. The standard InChI is InChI=1S/C29H39BrClF2N5O5/c1-16-18(7-11-38(16)27(40)43-28(2,3)4)34-9-6-12-41-24-19-23(22(33)20(30)21(24)31)35-26(36-25(19)39)42-15-29-8-5-10-37(29)14-17(32)13-29/h16-18,34H,5-15H2,1-4H3,(H,35,36,39)/t16-,17-,18-,29+/m1/s1. The number of amides is 1. The van der Waals surface area contributed by atoms with Gasteiger partial charge in [-0.3, -0.25) is 4.90 Å². The number of alkyl halides is 1. The highest BCUT2D eigenvalue weighted by Gasteiger charge is 2.49. The molecular weight excluding hydrogens is 652 g/mol. The van der Waals surface area contributed by atoms with Crippen molar-refractivity contribution in [2.75, 3.05) is 39.4 Å². The molecule has 3 aliphatic rings. The summed E-state index contributed by atoms with van der Waals surface area (Å²) in [5.41, 5.74) is -1.20. The van der Waals surface area contributed by atoms with Crippen molar-refractivity contribution in [2.45, 2.75) is 89.2 Å². The summed E-state index contributed by atoms with van der Waals surface area (Å²) in [7, 11) is 0. The molecule has 14 heteroatoms. The van der Waals surface area contributed by atoms with Gasteiger partial charge in [-0.2, -0.15) is 9.97 Å². The molecule has 10 nitrogen and oxygen atoms in total. The van der Waals surface area contributed by atoms with Gasteiger partial charge in [0.2, 0.25) is 5.88 Å². The molecule has 0 unspecified atom stereocenters. The lowest BCUT2D eigenvalue weighted by molar-refractivity contribution is 0.0229. The van der Waals surface area contributed by atoms with Gasteiger partial charge in [0.25, 0.3) is 0 Å². The minimum absolute atomic E-state index is 0.0314. The van der Waals surface area contributed by atoms with Crippen molar-refractivity contribution < 1.29 is 32.9 Å². The van der Waals surface area contributed by atoms with Crippen LogP contribution in [0.2, 0.25) is 5.02 Å². The number of hydrogen-bond donors (Lipinski definition) is 2. The van der Waals surface area contributed by atoms with Crippen LogP contribution in [0.5, 0.6) is 17.6 Å². The molecule has 0 saturated carbocycles. The molecule has 1 aromatic heterocycles. The van der Waals surface area contributed by atoms with Gasteiger partial charge in [-0.25, -0.2) is 13.6 Å². The topological polar surface area (TPSA) is 109 Å². The van der Waals surface area contributed by atoms with Gasteiger partial charge in [0.1, 0.15) is 34.3 Å². The quantitative estimate of drug-likeness (QED) is 0.257. The highest BCUT2D eigenvalue weighted by Crippen LogP contribution is 2.45. The predicted octanol–water partition coefficient (Wildman–Crippen LogP) is 5.60. The largest absolute Gasteiger partial charge is 0.493 e. The molecular formula is C29H39BrClF2N5O5. The molecule has 0 aliphatic carbocycles. The average molecular weight is 691 g/mol. The van der Waals surface area contributed by atoms with Gasteiger partial charge in [0, 0.05) is 31.6 Å². The Labute approximate surface area is 263 Å². The number of halogens is 4. The maximum absolute atomic E-state index is 15.3. The molecule has 0 radical (unpaired) electrons. The summed E-state index contributed by atoms with van der Waals surface area (Å²) >= 11 is 9.59. The lowest BCUT2D eigenvalue weighted by Crippen LogP contribution is -2.45. The first-order valence-electron chi connectivity index (χ1n) is 14.7. The Hall–Kier alpha value is -2.22. The third-order valence-corrected chi connectivity index (χ3v) is 9.81. The zero-order valence-electron chi connectivity index (χ0n) is 24.9. The number of carbonyl (C=O) groups is 1. The number of carbonyl (C=O) groups excluding carboxylic acids is 1. The minimum atomic E-state index is -0.922. The van der Waals surface area contributed by atoms with Crippen LogP contribution < -0.4 is 14.8 Å². The van der Waals surface area contributed by atoms with Crippen molar-refractivity contribution in [1.29, 1.82) is 0 Å². The van der Waals surface area contributed by atoms with E-state index in [0.29, 0.717) is 32.5 Å². The monoisotopic (exact) mass is 689 g/mol. The molecule has 0 spiro atoms. The lowest BCUT2D eigenvalue weighted by Gasteiger charge is -2.30. The van der Waals surface area contributed by atoms with Crippen molar-refractivity contribution in [2.24, 2.45) is 0 Å². The number of aromatic nitrogens is 2. The first-order chi connectivity index (χ1) is 20.3. The van der Waals surface area contributed by atoms with Crippen LogP contribution in [0.1, 0.15) is 59.8 Å². The molecule has 1 aromatic carbocycles. The minimum Gasteiger partial charge on any atom is -0.493 e. The molecule has 3 fully saturated rings. The zero-order valence-corrected chi connectivity index (χ0v) is 27.2. The molecule has 0 bridgehead atoms. The molecule has 238 valence electrons. The molecule has 5 rings (SSSR count). The summed E-state index contributed by atoms with van der Waals surface area (Å²) in [6.45, 7) is 10.2. The second-order valence-corrected chi connectivity index (χ2v) is 13.8. The van der Waals surface area contributed by atoms with Crippen LogP contribution in [0.4, 0.5) is 13.6 Å². The first kappa shape index (κ1) is 32.2. The van der Waals surface area contributed by atoms with Gasteiger partial charge < -0.3 is 29.5 Å². The van der Waals surface area contributed by atoms with E-state index < -0.39 is 29.0 Å². The van der Waals surface area contributed by atoms with Gasteiger partial charge in [-0.05, 0) is 82.4 Å². The summed E-state index contributed by atoms with van der Waals surface area (Å²) in [5, 5.41) is 14.2. The van der Waals surface area contributed by atoms with Crippen LogP contribution in [-0.2, 0) is 4.74 Å². The fourth-order valence-electron chi connectivity index (χ4n) is 6.38. The highest BCUT2D eigenvalue weighted by molar-refractivity contribution is 9.10. The van der Waals surface area contributed by atoms with Gasteiger partial charge in [-0.1, -0.05) is 11.6 Å². The Balaban J connectivity index is 1.21. The number of hydrogen-bond acceptors (Lipinski definition) is 9. The van der Waals surface area contributed by atoms with Gasteiger partial charge in [0.15, 0.2) is 11.6 Å². The second kappa shape index (κ2) is 12.6. The smallest absolute Gasteiger partial charge is 0.410 e. The van der Waals surface area contributed by atoms with Crippen LogP contribution in [0.3, 0.4) is 0 Å². The Morgan fingerprint density at radius 3 is 2.79 bits per heavy atom. The maximum atomic E-state index is 15.3. The maximum Gasteiger partial charge on any atom is 0.410 e. The third kappa shape index (κ3) is 6.74. The third-order valence-electron chi connectivity index (χ3n) is 8.48. The van der Waals surface area contributed by atoms with Crippen LogP contribution >= 0.6 is 27.5 Å². The molecule has 1 amide bonds. The summed E-state index contributed by atoms with van der Waals surface area (Å²) in [4.78, 5) is 24.6. The number of benzene rings is 1. The Morgan fingerprint density at radius 2 is 2.05 bits per heavy atom. The van der Waals surface area contributed by atoms with E-state index in [0.717, 1.165) is 25.8 Å². The van der Waals surface area contributed by atoms with E-state index in [9.17, 15) is 14.3 Å². The van der Waals surface area contributed by atoms with Gasteiger partial charge >= 0.3 is 12.1 Å². The van der Waals surface area contributed by atoms with Crippen molar-refractivity contribution in [3.63, 3.8) is 0 Å². The fourth-order valence-corrected chi connectivity index (χ4v) is 6.98. The van der Waals surface area contributed by atoms with Crippen molar-refractivity contribution >= 4 is 44.5 Å². The van der Waals surface area contributed by atoms with Crippen LogP contribution in [0, 0.1) is 5.82 Å². The average Bonchev–Trinajstić information content (AvgIpc) is 3.58. The normalized spacial score (nSPS) is 25.9. The SMILES string of the molecule is C[C@@H]1[C@H](NCCCOc2c(Cl)c(Br)c(F)c3nc(OC[C@@]45CCCN4C[C@H](F)C5)nc(O)c23)CCN1C(=O)OC(C)(C)C. The number of aromatic hydroxyl groups is 1. The van der Waals surface area contributed by atoms with E-state index in [1.54, 1.807) is 4.90 Å². The summed E-state index contributed by atoms with van der Waals surface area (Å²) in [6.07, 6.45) is 2.21.